The summed E-state index contributed by atoms with van der Waals surface area (Å²) in [5.41, 5.74) is 1.18. The molecule has 0 bridgehead atoms. The summed E-state index contributed by atoms with van der Waals surface area (Å²) in [5, 5.41) is 9.31. The second-order valence-electron chi connectivity index (χ2n) is 4.29. The molecule has 0 aliphatic heterocycles. The standard InChI is InChI=1S/C14H23NO3/c1-12(13-4-6-14(16)7-5-13)15(8-10-17-2)9-11-18-3/h4-7,12,16H,8-11H2,1-3H3. The molecule has 18 heavy (non-hydrogen) atoms. The lowest BCUT2D eigenvalue weighted by Crippen LogP contribution is -2.33. The van der Waals surface area contributed by atoms with Gasteiger partial charge in [0.1, 0.15) is 5.75 Å². The van der Waals surface area contributed by atoms with Gasteiger partial charge in [-0.1, -0.05) is 12.1 Å². The molecule has 1 unspecified atom stereocenters. The van der Waals surface area contributed by atoms with Gasteiger partial charge in [0.15, 0.2) is 0 Å². The second-order valence-corrected chi connectivity index (χ2v) is 4.29. The van der Waals surface area contributed by atoms with Crippen LogP contribution < -0.4 is 0 Å². The third kappa shape index (κ3) is 4.64. The van der Waals surface area contributed by atoms with Gasteiger partial charge >= 0.3 is 0 Å². The molecule has 0 aromatic heterocycles. The van der Waals surface area contributed by atoms with Gasteiger partial charge in [0.05, 0.1) is 13.2 Å². The maximum Gasteiger partial charge on any atom is 0.115 e. The van der Waals surface area contributed by atoms with E-state index in [1.165, 1.54) is 5.56 Å². The zero-order valence-corrected chi connectivity index (χ0v) is 11.4. The number of phenolic OH excluding ortho intramolecular Hbond substituents is 1. The lowest BCUT2D eigenvalue weighted by Gasteiger charge is -2.29. The molecule has 0 saturated heterocycles. The van der Waals surface area contributed by atoms with E-state index in [1.807, 2.05) is 12.1 Å². The number of ether oxygens (including phenoxy) is 2. The largest absolute Gasteiger partial charge is 0.508 e. The number of nitrogens with zero attached hydrogens (tertiary/aromatic N) is 1. The summed E-state index contributed by atoms with van der Waals surface area (Å²) in [4.78, 5) is 2.30. The van der Waals surface area contributed by atoms with Crippen LogP contribution in [0.1, 0.15) is 18.5 Å². The third-order valence-electron chi connectivity index (χ3n) is 3.09. The van der Waals surface area contributed by atoms with E-state index in [1.54, 1.807) is 26.4 Å². The molecule has 0 saturated carbocycles. The Morgan fingerprint density at radius 1 is 1.06 bits per heavy atom. The van der Waals surface area contributed by atoms with Crippen LogP contribution in [0.15, 0.2) is 24.3 Å². The molecule has 1 rings (SSSR count). The van der Waals surface area contributed by atoms with Crippen molar-refractivity contribution in [3.05, 3.63) is 29.8 Å². The normalized spacial score (nSPS) is 12.9. The van der Waals surface area contributed by atoms with Crippen LogP contribution in [-0.2, 0) is 9.47 Å². The average Bonchev–Trinajstić information content (AvgIpc) is 2.39. The quantitative estimate of drug-likeness (QED) is 0.770. The Morgan fingerprint density at radius 2 is 1.56 bits per heavy atom. The molecule has 0 aliphatic rings. The maximum atomic E-state index is 9.31. The number of phenols is 1. The van der Waals surface area contributed by atoms with Crippen LogP contribution in [0.2, 0.25) is 0 Å². The minimum atomic E-state index is 0.274. The highest BCUT2D eigenvalue weighted by Gasteiger charge is 2.15. The smallest absolute Gasteiger partial charge is 0.115 e. The number of hydrogen-bond acceptors (Lipinski definition) is 4. The molecule has 4 heteroatoms. The molecular weight excluding hydrogens is 230 g/mol. The van der Waals surface area contributed by atoms with Crippen molar-refractivity contribution in [2.45, 2.75) is 13.0 Å². The minimum absolute atomic E-state index is 0.274. The van der Waals surface area contributed by atoms with Crippen LogP contribution in [0.4, 0.5) is 0 Å². The zero-order valence-electron chi connectivity index (χ0n) is 11.4. The molecule has 1 atom stereocenters. The Hall–Kier alpha value is -1.10. The molecular formula is C14H23NO3. The molecule has 1 N–H and O–H groups in total. The number of rotatable bonds is 8. The van der Waals surface area contributed by atoms with E-state index in [4.69, 9.17) is 9.47 Å². The molecule has 1 aromatic carbocycles. The predicted molar refractivity (Wildman–Crippen MR) is 71.8 cm³/mol. The van der Waals surface area contributed by atoms with Crippen LogP contribution in [0.3, 0.4) is 0 Å². The van der Waals surface area contributed by atoms with Crippen molar-refractivity contribution >= 4 is 0 Å². The van der Waals surface area contributed by atoms with Crippen molar-refractivity contribution in [2.75, 3.05) is 40.5 Å². The van der Waals surface area contributed by atoms with Gasteiger partial charge in [-0.05, 0) is 24.6 Å². The van der Waals surface area contributed by atoms with Gasteiger partial charge in [0.25, 0.3) is 0 Å². The lowest BCUT2D eigenvalue weighted by molar-refractivity contribution is 0.0920. The Labute approximate surface area is 109 Å². The summed E-state index contributed by atoms with van der Waals surface area (Å²) in [7, 11) is 3.42. The Kier molecular flexibility index (Phi) is 6.72. The first-order valence-corrected chi connectivity index (χ1v) is 6.20. The number of benzene rings is 1. The molecule has 0 radical (unpaired) electrons. The number of hydrogen-bond donors (Lipinski definition) is 1. The average molecular weight is 253 g/mol. The van der Waals surface area contributed by atoms with Gasteiger partial charge in [0, 0.05) is 33.4 Å². The van der Waals surface area contributed by atoms with E-state index in [0.717, 1.165) is 13.1 Å². The van der Waals surface area contributed by atoms with Gasteiger partial charge in [-0.2, -0.15) is 0 Å². The van der Waals surface area contributed by atoms with E-state index in [2.05, 4.69) is 11.8 Å². The van der Waals surface area contributed by atoms with Gasteiger partial charge in [-0.25, -0.2) is 0 Å². The van der Waals surface area contributed by atoms with E-state index in [0.29, 0.717) is 19.0 Å². The number of aromatic hydroxyl groups is 1. The Balaban J connectivity index is 2.66. The van der Waals surface area contributed by atoms with Crippen molar-refractivity contribution < 1.29 is 14.6 Å². The third-order valence-corrected chi connectivity index (χ3v) is 3.09. The van der Waals surface area contributed by atoms with Crippen LogP contribution in [0, 0.1) is 0 Å². The van der Waals surface area contributed by atoms with Crippen molar-refractivity contribution in [3.63, 3.8) is 0 Å². The van der Waals surface area contributed by atoms with Crippen molar-refractivity contribution in [1.82, 2.24) is 4.90 Å². The summed E-state index contributed by atoms with van der Waals surface area (Å²) in [6.07, 6.45) is 0. The first-order valence-electron chi connectivity index (χ1n) is 6.20. The number of methoxy groups -OCH3 is 2. The van der Waals surface area contributed by atoms with E-state index < -0.39 is 0 Å². The first kappa shape index (κ1) is 15.0. The van der Waals surface area contributed by atoms with Gasteiger partial charge in [-0.15, -0.1) is 0 Å². The summed E-state index contributed by atoms with van der Waals surface area (Å²) in [6.45, 7) is 5.28. The van der Waals surface area contributed by atoms with Crippen LogP contribution in [-0.4, -0.2) is 50.5 Å². The van der Waals surface area contributed by atoms with Gasteiger partial charge in [0.2, 0.25) is 0 Å². The fourth-order valence-corrected chi connectivity index (χ4v) is 1.88. The zero-order chi connectivity index (χ0) is 13.4. The summed E-state index contributed by atoms with van der Waals surface area (Å²) in [5.74, 6) is 0.297. The predicted octanol–water partition coefficient (Wildman–Crippen LogP) is 2.05. The highest BCUT2D eigenvalue weighted by Crippen LogP contribution is 2.21. The molecule has 0 aliphatic carbocycles. The topological polar surface area (TPSA) is 41.9 Å². The van der Waals surface area contributed by atoms with Gasteiger partial charge < -0.3 is 14.6 Å². The molecule has 4 nitrogen and oxygen atoms in total. The van der Waals surface area contributed by atoms with Crippen molar-refractivity contribution in [2.24, 2.45) is 0 Å². The fraction of sp³-hybridized carbons (Fsp3) is 0.571. The Bertz CT molecular complexity index is 318. The van der Waals surface area contributed by atoms with Gasteiger partial charge in [-0.3, -0.25) is 4.90 Å². The fourth-order valence-electron chi connectivity index (χ4n) is 1.88. The minimum Gasteiger partial charge on any atom is -0.508 e. The summed E-state index contributed by atoms with van der Waals surface area (Å²) < 4.78 is 10.3. The van der Waals surface area contributed by atoms with Crippen LogP contribution >= 0.6 is 0 Å². The van der Waals surface area contributed by atoms with Crippen molar-refractivity contribution in [1.29, 1.82) is 0 Å². The van der Waals surface area contributed by atoms with Crippen LogP contribution in [0.5, 0.6) is 5.75 Å². The maximum absolute atomic E-state index is 9.31. The first-order chi connectivity index (χ1) is 8.69. The lowest BCUT2D eigenvalue weighted by atomic mass is 10.1. The SMILES string of the molecule is COCCN(CCOC)C(C)c1ccc(O)cc1. The van der Waals surface area contributed by atoms with E-state index in [9.17, 15) is 5.11 Å². The molecule has 0 heterocycles. The van der Waals surface area contributed by atoms with E-state index in [-0.39, 0.29) is 6.04 Å². The highest BCUT2D eigenvalue weighted by atomic mass is 16.5. The molecule has 1 aromatic rings. The molecule has 0 spiro atoms. The molecule has 0 amide bonds. The summed E-state index contributed by atoms with van der Waals surface area (Å²) in [6, 6.07) is 7.61. The molecule has 0 fully saturated rings. The Morgan fingerprint density at radius 3 is 2.00 bits per heavy atom. The molecule has 102 valence electrons. The van der Waals surface area contributed by atoms with E-state index >= 15 is 0 Å². The highest BCUT2D eigenvalue weighted by molar-refractivity contribution is 5.27. The second kappa shape index (κ2) is 8.08. The van der Waals surface area contributed by atoms with Crippen molar-refractivity contribution in [3.8, 4) is 5.75 Å². The van der Waals surface area contributed by atoms with Crippen LogP contribution in [0.25, 0.3) is 0 Å². The monoisotopic (exact) mass is 253 g/mol. The summed E-state index contributed by atoms with van der Waals surface area (Å²) >= 11 is 0.